The average Bonchev–Trinajstić information content (AvgIpc) is 2.67. The zero-order valence-electron chi connectivity index (χ0n) is 15.3. The Labute approximate surface area is 155 Å². The molecule has 2 aromatic rings. The van der Waals surface area contributed by atoms with Crippen molar-refractivity contribution >= 4 is 11.8 Å². The molecule has 6 nitrogen and oxygen atoms in total. The van der Waals surface area contributed by atoms with Crippen molar-refractivity contribution in [3.05, 3.63) is 30.6 Å². The van der Waals surface area contributed by atoms with Gasteiger partial charge in [0.25, 0.3) is 0 Å². The van der Waals surface area contributed by atoms with Crippen molar-refractivity contribution in [3.63, 3.8) is 0 Å². The predicted octanol–water partition coefficient (Wildman–Crippen LogP) is 3.86. The van der Waals surface area contributed by atoms with Gasteiger partial charge in [0.1, 0.15) is 5.82 Å². The Balaban J connectivity index is 1.75. The van der Waals surface area contributed by atoms with Gasteiger partial charge in [-0.3, -0.25) is 4.98 Å². The molecule has 0 amide bonds. The number of rotatable bonds is 1. The number of hydrogen-bond acceptors (Lipinski definition) is 6. The van der Waals surface area contributed by atoms with Crippen LogP contribution in [0.25, 0.3) is 11.3 Å². The molecule has 0 aromatic carbocycles. The molecule has 0 saturated carbocycles. The van der Waals surface area contributed by atoms with E-state index in [-0.39, 0.29) is 6.10 Å². The van der Waals surface area contributed by atoms with Crippen molar-refractivity contribution in [1.29, 1.82) is 0 Å². The first-order chi connectivity index (χ1) is 12.8. The lowest BCUT2D eigenvalue weighted by Gasteiger charge is -2.15. The molecule has 3 N–H and O–H groups in total. The van der Waals surface area contributed by atoms with Crippen LogP contribution in [0.3, 0.4) is 0 Å². The Bertz CT molecular complexity index is 665. The van der Waals surface area contributed by atoms with Crippen LogP contribution in [0.2, 0.25) is 0 Å². The number of fused-ring (bicyclic) bond motifs is 2. The Morgan fingerprint density at radius 1 is 0.885 bits per heavy atom. The maximum Gasteiger partial charge on any atom is 0.224 e. The second-order valence-electron chi connectivity index (χ2n) is 6.88. The van der Waals surface area contributed by atoms with Crippen LogP contribution >= 0.6 is 0 Å². The minimum atomic E-state index is -0.192. The van der Waals surface area contributed by atoms with Crippen molar-refractivity contribution in [2.75, 3.05) is 23.7 Å². The molecular formula is C20H29N5O. The summed E-state index contributed by atoms with van der Waals surface area (Å²) in [5.41, 5.74) is 1.76. The highest BCUT2D eigenvalue weighted by atomic mass is 16.3. The Hall–Kier alpha value is -2.21. The van der Waals surface area contributed by atoms with Gasteiger partial charge in [-0.1, -0.05) is 31.7 Å². The molecular weight excluding hydrogens is 326 g/mol. The molecule has 3 heterocycles. The first-order valence-electron chi connectivity index (χ1n) is 9.77. The Kier molecular flexibility index (Phi) is 7.19. The molecule has 0 radical (unpaired) electrons. The molecule has 0 aliphatic carbocycles. The SMILES string of the molecule is OC1CCCCCCCNc2ncc(-c3ccccn3)c(n2)NCCC1. The number of aromatic nitrogens is 3. The van der Waals surface area contributed by atoms with Crippen LogP contribution in [0.15, 0.2) is 30.6 Å². The molecule has 1 atom stereocenters. The van der Waals surface area contributed by atoms with Gasteiger partial charge in [0.2, 0.25) is 5.95 Å². The normalized spacial score (nSPS) is 20.0. The molecule has 2 aromatic heterocycles. The quantitative estimate of drug-likeness (QED) is 0.720. The van der Waals surface area contributed by atoms with Gasteiger partial charge >= 0.3 is 0 Å². The highest BCUT2D eigenvalue weighted by Gasteiger charge is 2.11. The van der Waals surface area contributed by atoms with Gasteiger partial charge in [-0.2, -0.15) is 4.98 Å². The largest absolute Gasteiger partial charge is 0.393 e. The molecule has 6 heteroatoms. The summed E-state index contributed by atoms with van der Waals surface area (Å²) >= 11 is 0. The van der Waals surface area contributed by atoms with Crippen LogP contribution in [0.1, 0.15) is 51.4 Å². The molecule has 1 unspecified atom stereocenters. The van der Waals surface area contributed by atoms with Crippen LogP contribution < -0.4 is 10.6 Å². The summed E-state index contributed by atoms with van der Waals surface area (Å²) in [6.07, 6.45) is 11.9. The fraction of sp³-hybridized carbons (Fsp3) is 0.550. The van der Waals surface area contributed by atoms with Crippen molar-refractivity contribution in [1.82, 2.24) is 15.0 Å². The Morgan fingerprint density at radius 2 is 1.69 bits per heavy atom. The predicted molar refractivity (Wildman–Crippen MR) is 105 cm³/mol. The smallest absolute Gasteiger partial charge is 0.224 e. The molecule has 0 saturated heterocycles. The zero-order valence-corrected chi connectivity index (χ0v) is 15.3. The van der Waals surface area contributed by atoms with Gasteiger partial charge in [0.15, 0.2) is 0 Å². The molecule has 0 spiro atoms. The summed E-state index contributed by atoms with van der Waals surface area (Å²) in [7, 11) is 0. The van der Waals surface area contributed by atoms with E-state index in [0.29, 0.717) is 5.95 Å². The minimum absolute atomic E-state index is 0.192. The monoisotopic (exact) mass is 355 g/mol. The number of anilines is 2. The summed E-state index contributed by atoms with van der Waals surface area (Å²) in [4.78, 5) is 13.5. The third-order valence-electron chi connectivity index (χ3n) is 4.73. The van der Waals surface area contributed by atoms with E-state index < -0.39 is 0 Å². The van der Waals surface area contributed by atoms with Crippen molar-refractivity contribution in [3.8, 4) is 11.3 Å². The highest BCUT2D eigenvalue weighted by Crippen LogP contribution is 2.25. The average molecular weight is 355 g/mol. The van der Waals surface area contributed by atoms with Crippen LogP contribution in [-0.4, -0.2) is 39.3 Å². The van der Waals surface area contributed by atoms with Gasteiger partial charge in [0, 0.05) is 25.5 Å². The summed E-state index contributed by atoms with van der Waals surface area (Å²) in [6.45, 7) is 1.65. The van der Waals surface area contributed by atoms with Crippen molar-refractivity contribution in [2.45, 2.75) is 57.5 Å². The lowest BCUT2D eigenvalue weighted by Crippen LogP contribution is -2.13. The summed E-state index contributed by atoms with van der Waals surface area (Å²) in [6, 6.07) is 5.83. The topological polar surface area (TPSA) is 83.0 Å². The van der Waals surface area contributed by atoms with Crippen molar-refractivity contribution < 1.29 is 5.11 Å². The molecule has 1 aliphatic rings. The van der Waals surface area contributed by atoms with Gasteiger partial charge in [-0.25, -0.2) is 4.98 Å². The number of pyridine rings is 1. The zero-order chi connectivity index (χ0) is 18.0. The molecule has 1 aliphatic heterocycles. The second kappa shape index (κ2) is 10.1. The third-order valence-corrected chi connectivity index (χ3v) is 4.73. The van der Waals surface area contributed by atoms with E-state index in [1.54, 1.807) is 6.20 Å². The van der Waals surface area contributed by atoms with E-state index >= 15 is 0 Å². The lowest BCUT2D eigenvalue weighted by molar-refractivity contribution is 0.149. The molecule has 3 rings (SSSR count). The molecule has 140 valence electrons. The number of hydrogen-bond donors (Lipinski definition) is 3. The van der Waals surface area contributed by atoms with Crippen LogP contribution in [-0.2, 0) is 0 Å². The van der Waals surface area contributed by atoms with E-state index in [2.05, 4.69) is 25.6 Å². The maximum atomic E-state index is 10.1. The van der Waals surface area contributed by atoms with Crippen LogP contribution in [0.4, 0.5) is 11.8 Å². The lowest BCUT2D eigenvalue weighted by atomic mass is 10.0. The van der Waals surface area contributed by atoms with E-state index in [0.717, 1.165) is 62.3 Å². The first kappa shape index (κ1) is 18.6. The minimum Gasteiger partial charge on any atom is -0.393 e. The Morgan fingerprint density at radius 3 is 2.58 bits per heavy atom. The fourth-order valence-electron chi connectivity index (χ4n) is 3.24. The fourth-order valence-corrected chi connectivity index (χ4v) is 3.24. The second-order valence-corrected chi connectivity index (χ2v) is 6.88. The van der Waals surface area contributed by atoms with Crippen LogP contribution in [0, 0.1) is 0 Å². The van der Waals surface area contributed by atoms with E-state index in [1.807, 2.05) is 24.4 Å². The summed E-state index contributed by atoms with van der Waals surface area (Å²) < 4.78 is 0. The molecule has 26 heavy (non-hydrogen) atoms. The molecule has 0 fully saturated rings. The van der Waals surface area contributed by atoms with E-state index in [1.165, 1.54) is 19.3 Å². The van der Waals surface area contributed by atoms with Gasteiger partial charge < -0.3 is 15.7 Å². The van der Waals surface area contributed by atoms with E-state index in [9.17, 15) is 5.11 Å². The number of aliphatic hydroxyl groups is 1. The first-order valence-corrected chi connectivity index (χ1v) is 9.77. The summed E-state index contributed by atoms with van der Waals surface area (Å²) in [5, 5.41) is 16.9. The number of nitrogens with zero attached hydrogens (tertiary/aromatic N) is 3. The highest BCUT2D eigenvalue weighted by molar-refractivity contribution is 5.72. The van der Waals surface area contributed by atoms with Gasteiger partial charge in [-0.15, -0.1) is 0 Å². The standard InChI is InChI=1S/C20H29N5O/c26-16-9-4-2-1-3-6-13-23-20-24-15-17(18-11-5-7-12-21-18)19(25-20)22-14-8-10-16/h5,7,11-12,15-16,26H,1-4,6,8-10,13-14H2,(H2,22,23,24,25). The summed E-state index contributed by atoms with van der Waals surface area (Å²) in [5.74, 6) is 1.45. The van der Waals surface area contributed by atoms with Gasteiger partial charge in [-0.05, 0) is 37.8 Å². The van der Waals surface area contributed by atoms with E-state index in [4.69, 9.17) is 0 Å². The van der Waals surface area contributed by atoms with Gasteiger partial charge in [0.05, 0.1) is 17.4 Å². The number of nitrogens with one attached hydrogen (secondary N) is 2. The van der Waals surface area contributed by atoms with Crippen LogP contribution in [0.5, 0.6) is 0 Å². The third kappa shape index (κ3) is 5.66. The van der Waals surface area contributed by atoms with Crippen molar-refractivity contribution in [2.24, 2.45) is 0 Å². The molecule has 2 bridgehead atoms. The maximum absolute atomic E-state index is 10.1. The number of aliphatic hydroxyl groups excluding tert-OH is 1.